The monoisotopic (exact) mass is 296 g/mol. The summed E-state index contributed by atoms with van der Waals surface area (Å²) >= 11 is 6.32. The lowest BCUT2D eigenvalue weighted by Gasteiger charge is -2.23. The average molecular weight is 297 g/mol. The minimum absolute atomic E-state index is 0.336. The number of carbonyl (C=O) groups is 1. The van der Waals surface area contributed by atoms with Crippen LogP contribution < -0.4 is 10.6 Å². The number of anilines is 2. The predicted octanol–water partition coefficient (Wildman–Crippen LogP) is 3.34. The summed E-state index contributed by atoms with van der Waals surface area (Å²) < 4.78 is 5.11. The Labute approximate surface area is 124 Å². The highest BCUT2D eigenvalue weighted by atomic mass is 35.5. The fraction of sp³-hybridized carbons (Fsp3) is 0.533. The van der Waals surface area contributed by atoms with Crippen molar-refractivity contribution in [2.75, 3.05) is 30.3 Å². The Morgan fingerprint density at radius 1 is 1.50 bits per heavy atom. The molecule has 1 fully saturated rings. The third-order valence-electron chi connectivity index (χ3n) is 3.76. The number of hydrogen-bond donors (Lipinski definition) is 1. The van der Waals surface area contributed by atoms with E-state index in [9.17, 15) is 4.79 Å². The minimum atomic E-state index is -0.364. The van der Waals surface area contributed by atoms with E-state index in [-0.39, 0.29) is 5.97 Å². The second kappa shape index (κ2) is 6.35. The highest BCUT2D eigenvalue weighted by Crippen LogP contribution is 2.36. The molecule has 0 spiro atoms. The number of hydrogen-bond acceptors (Lipinski definition) is 4. The highest BCUT2D eigenvalue weighted by molar-refractivity contribution is 6.34. The Bertz CT molecular complexity index is 505. The first-order valence-corrected chi connectivity index (χ1v) is 7.45. The molecule has 1 aliphatic heterocycles. The molecule has 2 rings (SSSR count). The topological polar surface area (TPSA) is 55.6 Å². The Balaban J connectivity index is 2.38. The summed E-state index contributed by atoms with van der Waals surface area (Å²) in [6, 6.07) is 3.34. The van der Waals surface area contributed by atoms with Gasteiger partial charge in [-0.15, -0.1) is 0 Å². The van der Waals surface area contributed by atoms with E-state index in [4.69, 9.17) is 22.1 Å². The van der Waals surface area contributed by atoms with E-state index in [1.807, 2.05) is 0 Å². The van der Waals surface area contributed by atoms with Crippen LogP contribution in [0.1, 0.15) is 37.0 Å². The molecule has 20 heavy (non-hydrogen) atoms. The summed E-state index contributed by atoms with van der Waals surface area (Å²) in [6.07, 6.45) is 2.26. The zero-order valence-electron chi connectivity index (χ0n) is 12.0. The smallest absolute Gasteiger partial charge is 0.340 e. The van der Waals surface area contributed by atoms with Gasteiger partial charge in [0.15, 0.2) is 0 Å². The van der Waals surface area contributed by atoms with Gasteiger partial charge < -0.3 is 15.4 Å². The number of nitrogens with two attached hydrogens (primary N) is 1. The van der Waals surface area contributed by atoms with Crippen LogP contribution in [0, 0.1) is 5.92 Å². The lowest BCUT2D eigenvalue weighted by atomic mass is 10.1. The molecule has 0 amide bonds. The molecule has 1 aliphatic rings. The Kier molecular flexibility index (Phi) is 4.76. The molecule has 1 unspecified atom stereocenters. The lowest BCUT2D eigenvalue weighted by molar-refractivity contribution is 0.0527. The van der Waals surface area contributed by atoms with Gasteiger partial charge in [-0.2, -0.15) is 0 Å². The van der Waals surface area contributed by atoms with Gasteiger partial charge >= 0.3 is 5.97 Å². The van der Waals surface area contributed by atoms with Gasteiger partial charge in [-0.1, -0.05) is 24.9 Å². The number of esters is 1. The maximum atomic E-state index is 12.1. The molecule has 0 bridgehead atoms. The second-order valence-corrected chi connectivity index (χ2v) is 5.54. The second-order valence-electron chi connectivity index (χ2n) is 5.13. The van der Waals surface area contributed by atoms with Crippen LogP contribution in [0.25, 0.3) is 0 Å². The summed E-state index contributed by atoms with van der Waals surface area (Å²) in [5.74, 6) is 0.287. The van der Waals surface area contributed by atoms with E-state index in [1.165, 1.54) is 0 Å². The first kappa shape index (κ1) is 15.0. The van der Waals surface area contributed by atoms with Crippen LogP contribution in [0.5, 0.6) is 0 Å². The molecule has 1 saturated heterocycles. The molecule has 0 aromatic heterocycles. The molecule has 0 aliphatic carbocycles. The van der Waals surface area contributed by atoms with E-state index in [0.717, 1.165) is 31.6 Å². The Morgan fingerprint density at radius 2 is 2.25 bits per heavy atom. The molecule has 5 heteroatoms. The largest absolute Gasteiger partial charge is 0.462 e. The minimum Gasteiger partial charge on any atom is -0.462 e. The summed E-state index contributed by atoms with van der Waals surface area (Å²) in [5.41, 5.74) is 7.51. The quantitative estimate of drug-likeness (QED) is 0.684. The number of rotatable bonds is 4. The molecule has 4 nitrogen and oxygen atoms in total. The van der Waals surface area contributed by atoms with Crippen LogP contribution in [0.4, 0.5) is 11.4 Å². The number of halogens is 1. The van der Waals surface area contributed by atoms with Gasteiger partial charge in [0, 0.05) is 18.8 Å². The number of nitrogen functional groups attached to an aromatic ring is 1. The van der Waals surface area contributed by atoms with Crippen LogP contribution in [-0.4, -0.2) is 25.7 Å². The maximum absolute atomic E-state index is 12.1. The Morgan fingerprint density at radius 3 is 2.85 bits per heavy atom. The van der Waals surface area contributed by atoms with Gasteiger partial charge in [0.25, 0.3) is 0 Å². The molecule has 1 aromatic rings. The molecule has 2 N–H and O–H groups in total. The van der Waals surface area contributed by atoms with E-state index >= 15 is 0 Å². The van der Waals surface area contributed by atoms with Crippen molar-refractivity contribution >= 4 is 28.9 Å². The summed E-state index contributed by atoms with van der Waals surface area (Å²) in [4.78, 5) is 14.3. The van der Waals surface area contributed by atoms with Crippen LogP contribution >= 0.6 is 11.6 Å². The third kappa shape index (κ3) is 3.01. The van der Waals surface area contributed by atoms with Crippen LogP contribution in [0.2, 0.25) is 5.02 Å². The first-order valence-electron chi connectivity index (χ1n) is 7.07. The SMILES string of the molecule is CCOC(=O)c1cc(N)cc(Cl)c1N1CCC(CC)C1. The summed E-state index contributed by atoms with van der Waals surface area (Å²) in [5, 5.41) is 0.518. The van der Waals surface area contributed by atoms with E-state index in [0.29, 0.717) is 28.8 Å². The molecule has 1 aromatic carbocycles. The number of nitrogens with zero attached hydrogens (tertiary/aromatic N) is 1. The first-order chi connectivity index (χ1) is 9.56. The van der Waals surface area contributed by atoms with Gasteiger partial charge in [-0.05, 0) is 31.4 Å². The number of benzene rings is 1. The number of ether oxygens (including phenoxy) is 1. The van der Waals surface area contributed by atoms with Crippen molar-refractivity contribution < 1.29 is 9.53 Å². The van der Waals surface area contributed by atoms with Crippen LogP contribution in [0.3, 0.4) is 0 Å². The zero-order valence-corrected chi connectivity index (χ0v) is 12.7. The fourth-order valence-electron chi connectivity index (χ4n) is 2.67. The standard InChI is InChI=1S/C15H21ClN2O2/c1-3-10-5-6-18(9-10)14-12(15(19)20-4-2)7-11(17)8-13(14)16/h7-8,10H,3-6,9,17H2,1-2H3. The van der Waals surface area contributed by atoms with Gasteiger partial charge in [0.1, 0.15) is 0 Å². The van der Waals surface area contributed by atoms with E-state index in [1.54, 1.807) is 19.1 Å². The van der Waals surface area contributed by atoms with Crippen molar-refractivity contribution in [3.05, 3.63) is 22.7 Å². The van der Waals surface area contributed by atoms with Gasteiger partial charge in [-0.3, -0.25) is 0 Å². The molecule has 1 atom stereocenters. The van der Waals surface area contributed by atoms with Gasteiger partial charge in [0.05, 0.1) is 22.9 Å². The average Bonchev–Trinajstić information content (AvgIpc) is 2.86. The molecule has 1 heterocycles. The third-order valence-corrected chi connectivity index (χ3v) is 4.05. The van der Waals surface area contributed by atoms with Crippen LogP contribution in [0.15, 0.2) is 12.1 Å². The normalized spacial score (nSPS) is 18.4. The number of carbonyl (C=O) groups excluding carboxylic acids is 1. The van der Waals surface area contributed by atoms with Crippen molar-refractivity contribution in [3.63, 3.8) is 0 Å². The molecule has 0 radical (unpaired) electrons. The van der Waals surface area contributed by atoms with Gasteiger partial charge in [-0.25, -0.2) is 4.79 Å². The van der Waals surface area contributed by atoms with E-state index < -0.39 is 0 Å². The molecular formula is C15H21ClN2O2. The van der Waals surface area contributed by atoms with Crippen molar-refractivity contribution in [1.82, 2.24) is 0 Å². The van der Waals surface area contributed by atoms with E-state index in [2.05, 4.69) is 11.8 Å². The van der Waals surface area contributed by atoms with Crippen LogP contribution in [-0.2, 0) is 4.74 Å². The highest BCUT2D eigenvalue weighted by Gasteiger charge is 2.27. The molecule has 0 saturated carbocycles. The lowest BCUT2D eigenvalue weighted by Crippen LogP contribution is -2.23. The molecule has 110 valence electrons. The Hall–Kier alpha value is -1.42. The van der Waals surface area contributed by atoms with Crippen molar-refractivity contribution in [1.29, 1.82) is 0 Å². The fourth-order valence-corrected chi connectivity index (χ4v) is 3.02. The zero-order chi connectivity index (χ0) is 14.7. The van der Waals surface area contributed by atoms with Crippen molar-refractivity contribution in [3.8, 4) is 0 Å². The predicted molar refractivity (Wildman–Crippen MR) is 82.4 cm³/mol. The molecular weight excluding hydrogens is 276 g/mol. The summed E-state index contributed by atoms with van der Waals surface area (Å²) in [7, 11) is 0. The van der Waals surface area contributed by atoms with Gasteiger partial charge in [0.2, 0.25) is 0 Å². The summed E-state index contributed by atoms with van der Waals surface area (Å²) in [6.45, 7) is 6.14. The van der Waals surface area contributed by atoms with Crippen molar-refractivity contribution in [2.24, 2.45) is 5.92 Å². The maximum Gasteiger partial charge on any atom is 0.340 e. The van der Waals surface area contributed by atoms with Crippen molar-refractivity contribution in [2.45, 2.75) is 26.7 Å².